The molecule has 1 aromatic heterocycles. The van der Waals surface area contributed by atoms with E-state index < -0.39 is 0 Å². The summed E-state index contributed by atoms with van der Waals surface area (Å²) in [5.74, 6) is 0.314. The SMILES string of the molecule is O=C(Nc1nc2ccc(Br)cc2s1)C1CCCC1. The van der Waals surface area contributed by atoms with Crippen molar-refractivity contribution in [2.75, 3.05) is 5.32 Å². The minimum Gasteiger partial charge on any atom is -0.302 e. The first-order valence-electron chi connectivity index (χ1n) is 6.09. The second-order valence-corrected chi connectivity index (χ2v) is 6.55. The first-order valence-corrected chi connectivity index (χ1v) is 7.70. The molecule has 5 heteroatoms. The number of thiazole rings is 1. The van der Waals surface area contributed by atoms with Crippen LogP contribution in [-0.4, -0.2) is 10.9 Å². The summed E-state index contributed by atoms with van der Waals surface area (Å²) in [5, 5.41) is 3.65. The summed E-state index contributed by atoms with van der Waals surface area (Å²) in [6.45, 7) is 0. The standard InChI is InChI=1S/C13H13BrN2OS/c14-9-5-6-10-11(7-9)18-13(15-10)16-12(17)8-3-1-2-4-8/h5-8H,1-4H2,(H,15,16,17). The van der Waals surface area contributed by atoms with Crippen molar-refractivity contribution in [3.05, 3.63) is 22.7 Å². The molecule has 0 atom stereocenters. The lowest BCUT2D eigenvalue weighted by atomic mass is 10.1. The van der Waals surface area contributed by atoms with Crippen LogP contribution in [0.3, 0.4) is 0 Å². The summed E-state index contributed by atoms with van der Waals surface area (Å²) in [5.41, 5.74) is 0.935. The summed E-state index contributed by atoms with van der Waals surface area (Å²) in [7, 11) is 0. The fraction of sp³-hybridized carbons (Fsp3) is 0.385. The van der Waals surface area contributed by atoms with Gasteiger partial charge < -0.3 is 5.32 Å². The molecule has 1 aliphatic rings. The molecule has 1 saturated carbocycles. The van der Waals surface area contributed by atoms with Crippen LogP contribution in [0.2, 0.25) is 0 Å². The largest absolute Gasteiger partial charge is 0.302 e. The Morgan fingerprint density at radius 2 is 2.17 bits per heavy atom. The molecule has 1 aromatic carbocycles. The second kappa shape index (κ2) is 4.97. The topological polar surface area (TPSA) is 42.0 Å². The number of nitrogens with zero attached hydrogens (tertiary/aromatic N) is 1. The lowest BCUT2D eigenvalue weighted by Gasteiger charge is -2.06. The van der Waals surface area contributed by atoms with Gasteiger partial charge in [0.05, 0.1) is 10.2 Å². The third-order valence-electron chi connectivity index (χ3n) is 3.31. The van der Waals surface area contributed by atoms with Crippen molar-refractivity contribution in [3.63, 3.8) is 0 Å². The van der Waals surface area contributed by atoms with Gasteiger partial charge in [0.15, 0.2) is 5.13 Å². The molecular weight excluding hydrogens is 312 g/mol. The normalized spacial score (nSPS) is 16.3. The zero-order chi connectivity index (χ0) is 12.5. The predicted molar refractivity (Wildman–Crippen MR) is 77.9 cm³/mol. The maximum Gasteiger partial charge on any atom is 0.229 e. The van der Waals surface area contributed by atoms with Crippen LogP contribution in [0.4, 0.5) is 5.13 Å². The van der Waals surface area contributed by atoms with E-state index in [9.17, 15) is 4.79 Å². The molecule has 1 amide bonds. The average molecular weight is 325 g/mol. The molecule has 0 bridgehead atoms. The van der Waals surface area contributed by atoms with Gasteiger partial charge in [-0.15, -0.1) is 0 Å². The number of hydrogen-bond donors (Lipinski definition) is 1. The smallest absolute Gasteiger partial charge is 0.229 e. The molecule has 1 fully saturated rings. The summed E-state index contributed by atoms with van der Waals surface area (Å²) < 4.78 is 2.12. The highest BCUT2D eigenvalue weighted by molar-refractivity contribution is 9.10. The third-order valence-corrected chi connectivity index (χ3v) is 4.73. The summed E-state index contributed by atoms with van der Waals surface area (Å²) in [6, 6.07) is 5.95. The maximum absolute atomic E-state index is 12.0. The third kappa shape index (κ3) is 2.42. The van der Waals surface area contributed by atoms with E-state index in [0.29, 0.717) is 5.13 Å². The van der Waals surface area contributed by atoms with Gasteiger partial charge in [0.25, 0.3) is 0 Å². The fourth-order valence-corrected chi connectivity index (χ4v) is 3.77. The number of carbonyl (C=O) groups excluding carboxylic acids is 1. The van der Waals surface area contributed by atoms with E-state index in [-0.39, 0.29) is 11.8 Å². The lowest BCUT2D eigenvalue weighted by molar-refractivity contribution is -0.119. The summed E-state index contributed by atoms with van der Waals surface area (Å²) in [4.78, 5) is 16.4. The molecule has 3 rings (SSSR count). The number of halogens is 1. The molecule has 18 heavy (non-hydrogen) atoms. The number of benzene rings is 1. The van der Waals surface area contributed by atoms with Crippen LogP contribution in [0, 0.1) is 5.92 Å². The summed E-state index contributed by atoms with van der Waals surface area (Å²) >= 11 is 4.96. The molecule has 0 radical (unpaired) electrons. The highest BCUT2D eigenvalue weighted by Gasteiger charge is 2.23. The molecule has 0 aliphatic heterocycles. The quantitative estimate of drug-likeness (QED) is 0.900. The van der Waals surface area contributed by atoms with Crippen LogP contribution < -0.4 is 5.32 Å². The molecule has 1 aliphatic carbocycles. The van der Waals surface area contributed by atoms with Gasteiger partial charge in [-0.1, -0.05) is 40.1 Å². The van der Waals surface area contributed by atoms with E-state index in [1.54, 1.807) is 0 Å². The highest BCUT2D eigenvalue weighted by Crippen LogP contribution is 2.30. The van der Waals surface area contributed by atoms with E-state index >= 15 is 0 Å². The molecule has 1 N–H and O–H groups in total. The molecule has 2 aromatic rings. The van der Waals surface area contributed by atoms with Crippen LogP contribution in [0.25, 0.3) is 10.2 Å². The van der Waals surface area contributed by atoms with Crippen molar-refractivity contribution in [3.8, 4) is 0 Å². The van der Waals surface area contributed by atoms with Crippen LogP contribution in [0.5, 0.6) is 0 Å². The molecule has 0 unspecified atom stereocenters. The molecule has 1 heterocycles. The number of aromatic nitrogens is 1. The molecule has 3 nitrogen and oxygen atoms in total. The van der Waals surface area contributed by atoms with Gasteiger partial charge in [0, 0.05) is 10.4 Å². The second-order valence-electron chi connectivity index (χ2n) is 4.60. The van der Waals surface area contributed by atoms with Crippen LogP contribution in [-0.2, 0) is 4.79 Å². The van der Waals surface area contributed by atoms with Crippen LogP contribution in [0.15, 0.2) is 22.7 Å². The molecular formula is C13H13BrN2OS. The number of carbonyl (C=O) groups is 1. The van der Waals surface area contributed by atoms with Crippen molar-refractivity contribution in [1.29, 1.82) is 0 Å². The van der Waals surface area contributed by atoms with E-state index in [1.165, 1.54) is 24.2 Å². The molecule has 94 valence electrons. The summed E-state index contributed by atoms with van der Waals surface area (Å²) in [6.07, 6.45) is 4.38. The van der Waals surface area contributed by atoms with Gasteiger partial charge in [-0.2, -0.15) is 0 Å². The Balaban J connectivity index is 1.79. The maximum atomic E-state index is 12.0. The Hall–Kier alpha value is -0.940. The van der Waals surface area contributed by atoms with Crippen molar-refractivity contribution < 1.29 is 4.79 Å². The first kappa shape index (κ1) is 12.1. The number of rotatable bonds is 2. The molecule has 0 spiro atoms. The zero-order valence-corrected chi connectivity index (χ0v) is 12.2. The number of fused-ring (bicyclic) bond motifs is 1. The van der Waals surface area contributed by atoms with E-state index in [2.05, 4.69) is 26.2 Å². The Kier molecular flexibility index (Phi) is 3.35. The van der Waals surface area contributed by atoms with Gasteiger partial charge in [0.1, 0.15) is 0 Å². The van der Waals surface area contributed by atoms with Crippen LogP contribution >= 0.6 is 27.3 Å². The van der Waals surface area contributed by atoms with Crippen LogP contribution in [0.1, 0.15) is 25.7 Å². The fourth-order valence-electron chi connectivity index (χ4n) is 2.35. The van der Waals surface area contributed by atoms with Crippen molar-refractivity contribution in [1.82, 2.24) is 4.98 Å². The highest BCUT2D eigenvalue weighted by atomic mass is 79.9. The minimum atomic E-state index is 0.130. The Labute approximate surface area is 118 Å². The number of anilines is 1. The number of hydrogen-bond acceptors (Lipinski definition) is 3. The molecule has 0 saturated heterocycles. The first-order chi connectivity index (χ1) is 8.72. The van der Waals surface area contributed by atoms with Gasteiger partial charge in [-0.25, -0.2) is 4.98 Å². The van der Waals surface area contributed by atoms with Crippen molar-refractivity contribution >= 4 is 48.5 Å². The Morgan fingerprint density at radius 3 is 2.94 bits per heavy atom. The Morgan fingerprint density at radius 1 is 1.39 bits per heavy atom. The van der Waals surface area contributed by atoms with Crippen molar-refractivity contribution in [2.45, 2.75) is 25.7 Å². The lowest BCUT2D eigenvalue weighted by Crippen LogP contribution is -2.19. The number of nitrogens with one attached hydrogen (secondary N) is 1. The van der Waals surface area contributed by atoms with Gasteiger partial charge in [0.2, 0.25) is 5.91 Å². The monoisotopic (exact) mass is 324 g/mol. The number of amides is 1. The predicted octanol–water partition coefficient (Wildman–Crippen LogP) is 4.19. The van der Waals surface area contributed by atoms with Gasteiger partial charge >= 0.3 is 0 Å². The Bertz CT molecular complexity index is 590. The minimum absolute atomic E-state index is 0.130. The van der Waals surface area contributed by atoms with Crippen molar-refractivity contribution in [2.24, 2.45) is 5.92 Å². The van der Waals surface area contributed by atoms with E-state index in [0.717, 1.165) is 27.5 Å². The zero-order valence-electron chi connectivity index (χ0n) is 9.78. The van der Waals surface area contributed by atoms with Gasteiger partial charge in [-0.3, -0.25) is 4.79 Å². The van der Waals surface area contributed by atoms with E-state index in [4.69, 9.17) is 0 Å². The van der Waals surface area contributed by atoms with Gasteiger partial charge in [-0.05, 0) is 31.0 Å². The average Bonchev–Trinajstić information content (AvgIpc) is 2.95. The van der Waals surface area contributed by atoms with E-state index in [1.807, 2.05) is 18.2 Å².